The number of alkyl halides is 1. The van der Waals surface area contributed by atoms with Gasteiger partial charge in [0.05, 0.1) is 16.9 Å². The summed E-state index contributed by atoms with van der Waals surface area (Å²) < 4.78 is 38.1. The number of carboxylic acids is 1. The second-order valence-electron chi connectivity index (χ2n) is 19.8. The summed E-state index contributed by atoms with van der Waals surface area (Å²) in [5.41, 5.74) is 4.08. The van der Waals surface area contributed by atoms with Crippen molar-refractivity contribution in [3.8, 4) is 0 Å². The van der Waals surface area contributed by atoms with E-state index in [1.54, 1.807) is 0 Å². The molecule has 0 bridgehead atoms. The number of allylic oxidation sites excluding steroid dienone is 5. The lowest BCUT2D eigenvalue weighted by atomic mass is 9.33. The first kappa shape index (κ1) is 38.4. The predicted octanol–water partition coefficient (Wildman–Crippen LogP) is 7.58. The molecule has 9 atom stereocenters. The molecule has 290 valence electrons. The lowest BCUT2D eigenvalue weighted by Gasteiger charge is -2.71. The smallest absolute Gasteiger partial charge is 0.312 e. The minimum atomic E-state index is -2.92. The highest BCUT2D eigenvalue weighted by Crippen LogP contribution is 2.75. The lowest BCUT2D eigenvalue weighted by molar-refractivity contribution is -0.197. The first-order valence-electron chi connectivity index (χ1n) is 20.5. The molecule has 0 aromatic carbocycles. The Labute approximate surface area is 312 Å². The highest BCUT2D eigenvalue weighted by Gasteiger charge is 2.69. The quantitative estimate of drug-likeness (QED) is 0.265. The van der Waals surface area contributed by atoms with Crippen molar-refractivity contribution in [1.82, 2.24) is 10.2 Å². The number of rotatable bonds is 8. The molecule has 0 amide bonds. The fraction of sp³-hybridized carbons (Fsp3) is 0.814. The van der Waals surface area contributed by atoms with Gasteiger partial charge in [0.15, 0.2) is 15.6 Å². The van der Waals surface area contributed by atoms with Crippen LogP contribution in [-0.4, -0.2) is 80.6 Å². The van der Waals surface area contributed by atoms with Gasteiger partial charge < -0.3 is 15.3 Å². The van der Waals surface area contributed by atoms with Gasteiger partial charge in [-0.05, 0) is 120 Å². The summed E-state index contributed by atoms with van der Waals surface area (Å²) in [5.74, 6) is 1.72. The average Bonchev–Trinajstić information content (AvgIpc) is 3.43. The van der Waals surface area contributed by atoms with Gasteiger partial charge in [-0.15, -0.1) is 0 Å². The van der Waals surface area contributed by atoms with E-state index in [0.717, 1.165) is 50.8 Å². The third-order valence-electron chi connectivity index (χ3n) is 16.9. The Morgan fingerprint density at radius 3 is 2.33 bits per heavy atom. The van der Waals surface area contributed by atoms with Crippen molar-refractivity contribution < 1.29 is 27.5 Å². The average molecular weight is 741 g/mol. The van der Waals surface area contributed by atoms with Crippen LogP contribution in [0.25, 0.3) is 0 Å². The molecule has 52 heavy (non-hydrogen) atoms. The van der Waals surface area contributed by atoms with Gasteiger partial charge in [-0.3, -0.25) is 9.59 Å². The van der Waals surface area contributed by atoms with Crippen molar-refractivity contribution in [3.63, 3.8) is 0 Å². The zero-order chi connectivity index (χ0) is 37.6. The number of aliphatic carboxylic acids is 1. The normalized spacial score (nSPS) is 42.9. The number of hydrogen-bond donors (Lipinski definition) is 2. The van der Waals surface area contributed by atoms with E-state index < -0.39 is 27.9 Å². The summed E-state index contributed by atoms with van der Waals surface area (Å²) >= 11 is 0. The minimum Gasteiger partial charge on any atom is -0.481 e. The van der Waals surface area contributed by atoms with Crippen molar-refractivity contribution in [3.05, 3.63) is 34.4 Å². The third kappa shape index (κ3) is 5.78. The molecule has 1 unspecified atom stereocenters. The van der Waals surface area contributed by atoms with Gasteiger partial charge in [0.2, 0.25) is 0 Å². The molecule has 1 aliphatic heterocycles. The highest BCUT2D eigenvalue weighted by molar-refractivity contribution is 7.91. The second kappa shape index (κ2) is 13.1. The fourth-order valence-corrected chi connectivity index (χ4v) is 15.2. The number of carboxylic acid groups (broad SMARTS) is 1. The van der Waals surface area contributed by atoms with Crippen molar-refractivity contribution in [2.75, 3.05) is 44.4 Å². The van der Waals surface area contributed by atoms with E-state index in [0.29, 0.717) is 55.9 Å². The molecule has 4 fully saturated rings. The lowest BCUT2D eigenvalue weighted by Crippen LogP contribution is -2.65. The first-order chi connectivity index (χ1) is 24.3. The van der Waals surface area contributed by atoms with Crippen LogP contribution >= 0.6 is 0 Å². The molecule has 6 aliphatic carbocycles. The summed E-state index contributed by atoms with van der Waals surface area (Å²) in [6, 6.07) is 0.223. The summed E-state index contributed by atoms with van der Waals surface area (Å²) in [5, 5.41) is 13.8. The van der Waals surface area contributed by atoms with Crippen LogP contribution in [0, 0.1) is 56.7 Å². The van der Waals surface area contributed by atoms with Gasteiger partial charge in [-0.25, -0.2) is 12.8 Å². The minimum absolute atomic E-state index is 0.0317. The predicted molar refractivity (Wildman–Crippen MR) is 204 cm³/mol. The molecule has 0 aromatic rings. The molecule has 0 spiro atoms. The number of ketones is 1. The molecule has 1 saturated heterocycles. The molecular formula is C43H65FN2O5S. The molecular weight excluding hydrogens is 676 g/mol. The van der Waals surface area contributed by atoms with Crippen LogP contribution in [0.1, 0.15) is 113 Å². The number of hydrogen-bond acceptors (Lipinski definition) is 6. The number of fused-ring (bicyclic) bond motifs is 7. The molecule has 7 rings (SSSR count). The Hall–Kier alpha value is -1.84. The Morgan fingerprint density at radius 2 is 1.71 bits per heavy atom. The Balaban J connectivity index is 1.18. The van der Waals surface area contributed by atoms with Crippen LogP contribution < -0.4 is 5.32 Å². The van der Waals surface area contributed by atoms with Crippen LogP contribution in [0.4, 0.5) is 4.39 Å². The zero-order valence-electron chi connectivity index (χ0n) is 33.0. The van der Waals surface area contributed by atoms with E-state index in [1.807, 2.05) is 6.08 Å². The number of nitrogens with zero attached hydrogens (tertiary/aromatic N) is 1. The van der Waals surface area contributed by atoms with Crippen LogP contribution in [0.5, 0.6) is 0 Å². The molecule has 3 saturated carbocycles. The van der Waals surface area contributed by atoms with E-state index in [4.69, 9.17) is 0 Å². The number of sulfone groups is 1. The van der Waals surface area contributed by atoms with Crippen LogP contribution in [0.15, 0.2) is 34.4 Å². The van der Waals surface area contributed by atoms with Gasteiger partial charge in [0.25, 0.3) is 0 Å². The number of carbonyl (C=O) groups excluding carboxylic acids is 1. The Bertz CT molecular complexity index is 1680. The number of carbonyl (C=O) groups is 2. The molecule has 2 N–H and O–H groups in total. The maximum Gasteiger partial charge on any atom is 0.312 e. The van der Waals surface area contributed by atoms with Gasteiger partial charge in [-0.1, -0.05) is 66.2 Å². The largest absolute Gasteiger partial charge is 0.481 e. The van der Waals surface area contributed by atoms with Gasteiger partial charge in [-0.2, -0.15) is 0 Å². The van der Waals surface area contributed by atoms with E-state index in [1.165, 1.54) is 23.1 Å². The summed E-state index contributed by atoms with van der Waals surface area (Å²) in [6.07, 6.45) is 13.1. The van der Waals surface area contributed by atoms with Crippen molar-refractivity contribution >= 4 is 21.6 Å². The summed E-state index contributed by atoms with van der Waals surface area (Å²) in [4.78, 5) is 28.1. The van der Waals surface area contributed by atoms with Gasteiger partial charge >= 0.3 is 5.97 Å². The van der Waals surface area contributed by atoms with Crippen molar-refractivity contribution in [2.45, 2.75) is 119 Å². The molecule has 7 aliphatic rings. The fourth-order valence-electron chi connectivity index (χ4n) is 13.9. The van der Waals surface area contributed by atoms with E-state index in [9.17, 15) is 27.5 Å². The van der Waals surface area contributed by atoms with Crippen LogP contribution in [-0.2, 0) is 19.4 Å². The molecule has 1 heterocycles. The molecule has 0 radical (unpaired) electrons. The number of halogens is 1. The van der Waals surface area contributed by atoms with Gasteiger partial charge in [0, 0.05) is 44.6 Å². The van der Waals surface area contributed by atoms with Crippen LogP contribution in [0.3, 0.4) is 0 Å². The van der Waals surface area contributed by atoms with Crippen molar-refractivity contribution in [1.29, 1.82) is 0 Å². The third-order valence-corrected chi connectivity index (χ3v) is 18.5. The molecule has 9 heteroatoms. The zero-order valence-corrected chi connectivity index (χ0v) is 33.8. The van der Waals surface area contributed by atoms with E-state index in [-0.39, 0.29) is 57.5 Å². The Kier molecular flexibility index (Phi) is 9.71. The molecule has 0 aromatic heterocycles. The molecule has 7 nitrogen and oxygen atoms in total. The Morgan fingerprint density at radius 1 is 1.00 bits per heavy atom. The first-order valence-corrected chi connectivity index (χ1v) is 22.3. The van der Waals surface area contributed by atoms with Gasteiger partial charge in [0.1, 0.15) is 6.67 Å². The number of nitrogens with one attached hydrogen (secondary N) is 1. The summed E-state index contributed by atoms with van der Waals surface area (Å²) in [7, 11) is -2.92. The second-order valence-corrected chi connectivity index (χ2v) is 22.1. The standard InChI is InChI=1S/C43H65FN2O5S/c1-27(2)36-33(47)24-29-32(45-18-19-46-20-22-52(50,51)23-21-46)25-42(7)31(37(29)36)8-9-35-40(5)14-12-30(39(3,4)34(40)13-15-41(35,42)6)28-10-16-43(26-44,17-11-28)38(48)49/h10,12,27,29,31-32,34-35,45H,8-9,11,13-26H2,1-7H3,(H,48,49)/t29?,31-,32+,34+,35-,40+,41-,42-,43+/m1/s1. The topological polar surface area (TPSA) is 104 Å². The monoisotopic (exact) mass is 740 g/mol. The number of Topliss-reactive ketones (excluding diaryl/α,β-unsaturated/α-hetero) is 1. The van der Waals surface area contributed by atoms with Crippen molar-refractivity contribution in [2.24, 2.45) is 56.7 Å². The summed E-state index contributed by atoms with van der Waals surface area (Å²) in [6.45, 7) is 19.0. The van der Waals surface area contributed by atoms with E-state index >= 15 is 0 Å². The maximum absolute atomic E-state index is 14.0. The maximum atomic E-state index is 14.0. The SMILES string of the molecule is CC(C)C1=C2C(CC1=O)[C@@H](NCCN1CCS(=O)(=O)CC1)C[C@]1(C)[C@@H]2CC[C@@H]2[C@@]3(C)CC=C(C4=CC[C@](CF)(C(=O)O)CC4)C(C)(C)[C@@H]3CC[C@]21C. The van der Waals surface area contributed by atoms with Crippen LogP contribution in [0.2, 0.25) is 0 Å². The highest BCUT2D eigenvalue weighted by atomic mass is 32.2. The van der Waals surface area contributed by atoms with E-state index in [2.05, 4.69) is 64.8 Å².